The summed E-state index contributed by atoms with van der Waals surface area (Å²) < 4.78 is 38.0. The van der Waals surface area contributed by atoms with Crippen LogP contribution in [0.3, 0.4) is 0 Å². The first-order chi connectivity index (χ1) is 8.44. The zero-order valence-corrected chi connectivity index (χ0v) is 10.2. The Morgan fingerprint density at radius 3 is 2.17 bits per heavy atom. The Morgan fingerprint density at radius 2 is 1.67 bits per heavy atom. The van der Waals surface area contributed by atoms with Gasteiger partial charge in [-0.2, -0.15) is 13.2 Å². The molecule has 1 aromatic rings. The number of halogens is 3. The van der Waals surface area contributed by atoms with Crippen molar-refractivity contribution in [3.8, 4) is 0 Å². The first-order valence-electron chi connectivity index (χ1n) is 6.32. The van der Waals surface area contributed by atoms with Gasteiger partial charge in [0.1, 0.15) is 6.04 Å². The molecule has 1 fully saturated rings. The van der Waals surface area contributed by atoms with Gasteiger partial charge in [0.25, 0.3) is 0 Å². The number of benzene rings is 1. The van der Waals surface area contributed by atoms with Crippen molar-refractivity contribution in [1.29, 1.82) is 0 Å². The predicted octanol–water partition coefficient (Wildman–Crippen LogP) is 3.78. The molecule has 100 valence electrons. The Morgan fingerprint density at radius 1 is 1.11 bits per heavy atom. The maximum Gasteiger partial charge on any atom is 0.403 e. The van der Waals surface area contributed by atoms with Gasteiger partial charge < -0.3 is 5.73 Å². The van der Waals surface area contributed by atoms with E-state index < -0.39 is 12.2 Å². The third kappa shape index (κ3) is 2.69. The summed E-state index contributed by atoms with van der Waals surface area (Å²) in [6.45, 7) is 0. The SMILES string of the molecule is NC(CC1(c2ccccc2)CCCC1)C(F)(F)F. The summed E-state index contributed by atoms with van der Waals surface area (Å²) in [5, 5.41) is 0. The van der Waals surface area contributed by atoms with Crippen LogP contribution in [0.2, 0.25) is 0 Å². The Balaban J connectivity index is 2.23. The van der Waals surface area contributed by atoms with Gasteiger partial charge >= 0.3 is 6.18 Å². The molecule has 1 nitrogen and oxygen atoms in total. The highest BCUT2D eigenvalue weighted by molar-refractivity contribution is 5.27. The van der Waals surface area contributed by atoms with Crippen LogP contribution >= 0.6 is 0 Å². The second-order valence-corrected chi connectivity index (χ2v) is 5.21. The molecule has 0 aliphatic heterocycles. The fourth-order valence-corrected chi connectivity index (χ4v) is 2.99. The van der Waals surface area contributed by atoms with Crippen LogP contribution in [0.25, 0.3) is 0 Å². The zero-order chi connectivity index (χ0) is 13.2. The van der Waals surface area contributed by atoms with Crippen molar-refractivity contribution in [2.45, 2.75) is 49.7 Å². The molecular weight excluding hydrogens is 239 g/mol. The lowest BCUT2D eigenvalue weighted by Crippen LogP contribution is -2.43. The Bertz CT molecular complexity index is 380. The summed E-state index contributed by atoms with van der Waals surface area (Å²) in [4.78, 5) is 0. The maximum absolute atomic E-state index is 12.7. The van der Waals surface area contributed by atoms with Gasteiger partial charge in [-0.3, -0.25) is 0 Å². The van der Waals surface area contributed by atoms with Crippen molar-refractivity contribution < 1.29 is 13.2 Å². The highest BCUT2D eigenvalue weighted by atomic mass is 19.4. The Labute approximate surface area is 105 Å². The molecule has 0 spiro atoms. The van der Waals surface area contributed by atoms with Gasteiger partial charge in [0.15, 0.2) is 0 Å². The van der Waals surface area contributed by atoms with E-state index in [0.717, 1.165) is 31.2 Å². The average Bonchev–Trinajstić information content (AvgIpc) is 2.79. The second-order valence-electron chi connectivity index (χ2n) is 5.21. The zero-order valence-electron chi connectivity index (χ0n) is 10.2. The molecule has 0 saturated heterocycles. The van der Waals surface area contributed by atoms with Gasteiger partial charge in [0.2, 0.25) is 0 Å². The van der Waals surface area contributed by atoms with Crippen molar-refractivity contribution >= 4 is 0 Å². The van der Waals surface area contributed by atoms with Crippen LogP contribution in [-0.4, -0.2) is 12.2 Å². The molecule has 2 rings (SSSR count). The largest absolute Gasteiger partial charge is 0.403 e. The summed E-state index contributed by atoms with van der Waals surface area (Å²) in [6, 6.07) is 7.78. The van der Waals surface area contributed by atoms with Crippen LogP contribution in [0.5, 0.6) is 0 Å². The summed E-state index contributed by atoms with van der Waals surface area (Å²) in [7, 11) is 0. The van der Waals surface area contributed by atoms with E-state index in [1.165, 1.54) is 0 Å². The van der Waals surface area contributed by atoms with Crippen molar-refractivity contribution in [3.63, 3.8) is 0 Å². The van der Waals surface area contributed by atoms with Crippen LogP contribution in [0, 0.1) is 0 Å². The lowest BCUT2D eigenvalue weighted by Gasteiger charge is -2.33. The van der Waals surface area contributed by atoms with E-state index in [2.05, 4.69) is 0 Å². The molecule has 0 radical (unpaired) electrons. The molecule has 18 heavy (non-hydrogen) atoms. The van der Waals surface area contributed by atoms with E-state index >= 15 is 0 Å². The molecule has 2 N–H and O–H groups in total. The van der Waals surface area contributed by atoms with Crippen LogP contribution in [-0.2, 0) is 5.41 Å². The topological polar surface area (TPSA) is 26.0 Å². The van der Waals surface area contributed by atoms with E-state index in [0.29, 0.717) is 0 Å². The summed E-state index contributed by atoms with van der Waals surface area (Å²) in [5.74, 6) is 0. The summed E-state index contributed by atoms with van der Waals surface area (Å²) >= 11 is 0. The fraction of sp³-hybridized carbons (Fsp3) is 0.571. The molecule has 1 aromatic carbocycles. The number of alkyl halides is 3. The summed E-state index contributed by atoms with van der Waals surface area (Å²) in [6.07, 6.45) is -0.717. The molecule has 1 atom stereocenters. The molecule has 1 unspecified atom stereocenters. The van der Waals surface area contributed by atoms with E-state index in [1.807, 2.05) is 30.3 Å². The Hall–Kier alpha value is -1.03. The van der Waals surface area contributed by atoms with Gasteiger partial charge in [-0.1, -0.05) is 43.2 Å². The van der Waals surface area contributed by atoms with Crippen LogP contribution in [0.15, 0.2) is 30.3 Å². The lowest BCUT2D eigenvalue weighted by atomic mass is 9.74. The van der Waals surface area contributed by atoms with Crippen molar-refractivity contribution in [3.05, 3.63) is 35.9 Å². The quantitative estimate of drug-likeness (QED) is 0.876. The minimum absolute atomic E-state index is 0.000509. The highest BCUT2D eigenvalue weighted by Crippen LogP contribution is 2.45. The first kappa shape index (κ1) is 13.4. The number of nitrogens with two attached hydrogens (primary N) is 1. The molecule has 0 amide bonds. The van der Waals surface area contributed by atoms with Crippen molar-refractivity contribution in [1.82, 2.24) is 0 Å². The number of hydrogen-bond donors (Lipinski definition) is 1. The third-order valence-corrected chi connectivity index (χ3v) is 3.98. The van der Waals surface area contributed by atoms with E-state index in [-0.39, 0.29) is 11.8 Å². The molecule has 0 heterocycles. The molecule has 1 aliphatic rings. The normalized spacial score (nSPS) is 20.9. The van der Waals surface area contributed by atoms with E-state index in [1.54, 1.807) is 0 Å². The molecule has 0 aromatic heterocycles. The predicted molar refractivity (Wildman–Crippen MR) is 65.2 cm³/mol. The fourth-order valence-electron chi connectivity index (χ4n) is 2.99. The van der Waals surface area contributed by atoms with Gasteiger partial charge in [0, 0.05) is 0 Å². The first-order valence-corrected chi connectivity index (χ1v) is 6.32. The van der Waals surface area contributed by atoms with Crippen molar-refractivity contribution in [2.75, 3.05) is 0 Å². The minimum atomic E-state index is -4.30. The van der Waals surface area contributed by atoms with Gasteiger partial charge in [-0.25, -0.2) is 0 Å². The summed E-state index contributed by atoms with van der Waals surface area (Å²) in [5.41, 5.74) is 5.95. The van der Waals surface area contributed by atoms with Crippen LogP contribution < -0.4 is 5.73 Å². The second kappa shape index (κ2) is 4.92. The van der Waals surface area contributed by atoms with Gasteiger partial charge in [-0.15, -0.1) is 0 Å². The molecule has 0 bridgehead atoms. The smallest absolute Gasteiger partial charge is 0.320 e. The number of rotatable bonds is 3. The lowest BCUT2D eigenvalue weighted by molar-refractivity contribution is -0.152. The number of hydrogen-bond acceptors (Lipinski definition) is 1. The molecule has 4 heteroatoms. The maximum atomic E-state index is 12.7. The Kier molecular flexibility index (Phi) is 3.66. The molecular formula is C14H18F3N. The van der Waals surface area contributed by atoms with Crippen molar-refractivity contribution in [2.24, 2.45) is 5.73 Å². The monoisotopic (exact) mass is 257 g/mol. The van der Waals surface area contributed by atoms with Gasteiger partial charge in [-0.05, 0) is 30.2 Å². The van der Waals surface area contributed by atoms with Crippen LogP contribution in [0.1, 0.15) is 37.7 Å². The minimum Gasteiger partial charge on any atom is -0.320 e. The highest BCUT2D eigenvalue weighted by Gasteiger charge is 2.45. The standard InChI is InChI=1S/C14H18F3N/c15-14(16,17)12(18)10-13(8-4-5-9-13)11-6-2-1-3-7-11/h1-3,6-7,12H,4-5,8-10,18H2. The van der Waals surface area contributed by atoms with Crippen LogP contribution in [0.4, 0.5) is 13.2 Å². The van der Waals surface area contributed by atoms with E-state index in [4.69, 9.17) is 5.73 Å². The average molecular weight is 257 g/mol. The molecule has 1 saturated carbocycles. The third-order valence-electron chi connectivity index (χ3n) is 3.98. The van der Waals surface area contributed by atoms with Gasteiger partial charge in [0.05, 0.1) is 0 Å². The molecule has 1 aliphatic carbocycles. The van der Waals surface area contributed by atoms with E-state index in [9.17, 15) is 13.2 Å².